The minimum Gasteiger partial charge on any atom is -0.497 e. The van der Waals surface area contributed by atoms with E-state index in [0.717, 1.165) is 30.0 Å². The molecule has 4 rings (SSSR count). The number of fused-ring (bicyclic) bond motifs is 1. The molecular formula is C23H29N3O4S. The van der Waals surface area contributed by atoms with Crippen LogP contribution in [0.25, 0.3) is 0 Å². The fourth-order valence-electron chi connectivity index (χ4n) is 4.49. The van der Waals surface area contributed by atoms with Crippen molar-refractivity contribution in [3.63, 3.8) is 0 Å². The van der Waals surface area contributed by atoms with Gasteiger partial charge in [0.1, 0.15) is 5.75 Å². The Morgan fingerprint density at radius 1 is 1.10 bits per heavy atom. The molecule has 0 saturated carbocycles. The van der Waals surface area contributed by atoms with Crippen LogP contribution in [0.2, 0.25) is 0 Å². The summed E-state index contributed by atoms with van der Waals surface area (Å²) in [5, 5.41) is 3.09. The lowest BCUT2D eigenvalue weighted by Crippen LogP contribution is -2.36. The van der Waals surface area contributed by atoms with Crippen LogP contribution in [-0.4, -0.2) is 58.8 Å². The van der Waals surface area contributed by atoms with Gasteiger partial charge >= 0.3 is 0 Å². The molecule has 1 N–H and O–H groups in total. The quantitative estimate of drug-likeness (QED) is 0.712. The maximum atomic E-state index is 12.9. The normalized spacial score (nSPS) is 17.4. The van der Waals surface area contributed by atoms with E-state index in [1.54, 1.807) is 19.2 Å². The molecule has 0 bridgehead atoms. The molecule has 0 aliphatic carbocycles. The van der Waals surface area contributed by atoms with Crippen LogP contribution in [0, 0.1) is 0 Å². The molecular weight excluding hydrogens is 414 g/mol. The van der Waals surface area contributed by atoms with E-state index < -0.39 is 10.0 Å². The fourth-order valence-corrected chi connectivity index (χ4v) is 5.44. The predicted molar refractivity (Wildman–Crippen MR) is 121 cm³/mol. The highest BCUT2D eigenvalue weighted by Crippen LogP contribution is 2.31. The van der Waals surface area contributed by atoms with Gasteiger partial charge in [0.05, 0.1) is 25.1 Å². The smallest absolute Gasteiger partial charge is 0.251 e. The van der Waals surface area contributed by atoms with Crippen LogP contribution in [0.1, 0.15) is 40.4 Å². The Labute approximate surface area is 184 Å². The van der Waals surface area contributed by atoms with E-state index in [2.05, 4.69) is 22.3 Å². The number of nitrogens with one attached hydrogen (secondary N) is 1. The van der Waals surface area contributed by atoms with Gasteiger partial charge in [0.2, 0.25) is 10.0 Å². The van der Waals surface area contributed by atoms with Crippen LogP contribution in [0.5, 0.6) is 5.75 Å². The van der Waals surface area contributed by atoms with Crippen LogP contribution in [0.4, 0.5) is 5.69 Å². The van der Waals surface area contributed by atoms with Gasteiger partial charge in [-0.05, 0) is 73.8 Å². The summed E-state index contributed by atoms with van der Waals surface area (Å²) in [6.45, 7) is 2.98. The van der Waals surface area contributed by atoms with Crippen molar-refractivity contribution in [3.05, 3.63) is 59.2 Å². The third-order valence-corrected chi connectivity index (χ3v) is 7.31. The number of nitrogens with zero attached hydrogens (tertiary/aromatic N) is 2. The van der Waals surface area contributed by atoms with Gasteiger partial charge < -0.3 is 10.1 Å². The second kappa shape index (κ2) is 8.88. The van der Waals surface area contributed by atoms with Gasteiger partial charge in [-0.1, -0.05) is 12.1 Å². The molecule has 0 aromatic heterocycles. The number of sulfonamides is 1. The number of amides is 1. The van der Waals surface area contributed by atoms with E-state index in [0.29, 0.717) is 30.8 Å². The van der Waals surface area contributed by atoms with Crippen molar-refractivity contribution in [1.82, 2.24) is 10.2 Å². The number of hydrogen-bond acceptors (Lipinski definition) is 5. The summed E-state index contributed by atoms with van der Waals surface area (Å²) in [6.07, 6.45) is 4.16. The average molecular weight is 444 g/mol. The lowest BCUT2D eigenvalue weighted by Gasteiger charge is -2.28. The monoisotopic (exact) mass is 443 g/mol. The second-order valence-electron chi connectivity index (χ2n) is 8.17. The summed E-state index contributed by atoms with van der Waals surface area (Å²) in [6, 6.07) is 13.4. The average Bonchev–Trinajstić information content (AvgIpc) is 3.43. The Kier molecular flexibility index (Phi) is 6.20. The van der Waals surface area contributed by atoms with Crippen LogP contribution in [0.3, 0.4) is 0 Å². The van der Waals surface area contributed by atoms with Crippen molar-refractivity contribution in [3.8, 4) is 5.75 Å². The van der Waals surface area contributed by atoms with Gasteiger partial charge in [0.15, 0.2) is 0 Å². The zero-order valence-corrected chi connectivity index (χ0v) is 18.8. The molecule has 0 unspecified atom stereocenters. The number of hydrogen-bond donors (Lipinski definition) is 1. The number of ether oxygens (including phenoxy) is 1. The van der Waals surface area contributed by atoms with Crippen LogP contribution in [0.15, 0.2) is 42.5 Å². The SMILES string of the molecule is COc1ccc([C@@H](CNC(=O)c2ccc3c(c2)CCN3S(C)(=O)=O)N2CCCC2)cc1. The Balaban J connectivity index is 1.48. The van der Waals surface area contributed by atoms with E-state index in [1.807, 2.05) is 18.2 Å². The Hall–Kier alpha value is -2.58. The first-order valence-corrected chi connectivity index (χ1v) is 12.5. The maximum Gasteiger partial charge on any atom is 0.251 e. The highest BCUT2D eigenvalue weighted by Gasteiger charge is 2.27. The number of benzene rings is 2. The molecule has 0 radical (unpaired) electrons. The first kappa shape index (κ1) is 21.6. The van der Waals surface area contributed by atoms with E-state index in [4.69, 9.17) is 4.74 Å². The van der Waals surface area contributed by atoms with Crippen LogP contribution in [-0.2, 0) is 16.4 Å². The first-order chi connectivity index (χ1) is 14.9. The van der Waals surface area contributed by atoms with Crippen molar-refractivity contribution in [2.75, 3.05) is 43.8 Å². The molecule has 7 nitrogen and oxygen atoms in total. The lowest BCUT2D eigenvalue weighted by atomic mass is 10.0. The third-order valence-electron chi connectivity index (χ3n) is 6.13. The molecule has 2 aliphatic rings. The van der Waals surface area contributed by atoms with Crippen LogP contribution >= 0.6 is 0 Å². The summed E-state index contributed by atoms with van der Waals surface area (Å²) >= 11 is 0. The van der Waals surface area contributed by atoms with Crippen LogP contribution < -0.4 is 14.4 Å². The molecule has 2 aromatic carbocycles. The molecule has 166 valence electrons. The fraction of sp³-hybridized carbons (Fsp3) is 0.435. The molecule has 1 fully saturated rings. The van der Waals surface area contributed by atoms with Gasteiger partial charge in [0.25, 0.3) is 5.91 Å². The van der Waals surface area contributed by atoms with Gasteiger partial charge in [0, 0.05) is 18.7 Å². The maximum absolute atomic E-state index is 12.9. The van der Waals surface area contributed by atoms with E-state index in [9.17, 15) is 13.2 Å². The van der Waals surface area contributed by atoms with Gasteiger partial charge in [-0.25, -0.2) is 8.42 Å². The minimum atomic E-state index is -3.30. The summed E-state index contributed by atoms with van der Waals surface area (Å²) in [5.74, 6) is 0.674. The Bertz CT molecular complexity index is 1050. The standard InChI is InChI=1S/C23H29N3O4S/c1-30-20-8-5-17(6-9-20)22(25-12-3-4-13-25)16-24-23(27)19-7-10-21-18(15-19)11-14-26(21)31(2,28)29/h5-10,15,22H,3-4,11-14,16H2,1-2H3,(H,24,27)/t22-/m1/s1. The van der Waals surface area contributed by atoms with Gasteiger partial charge in [-0.2, -0.15) is 0 Å². The van der Waals surface area contributed by atoms with Crippen molar-refractivity contribution in [2.24, 2.45) is 0 Å². The van der Waals surface area contributed by atoms with E-state index in [-0.39, 0.29) is 11.9 Å². The number of likely N-dealkylation sites (tertiary alicyclic amines) is 1. The molecule has 31 heavy (non-hydrogen) atoms. The lowest BCUT2D eigenvalue weighted by molar-refractivity contribution is 0.0938. The summed E-state index contributed by atoms with van der Waals surface area (Å²) in [4.78, 5) is 15.3. The highest BCUT2D eigenvalue weighted by molar-refractivity contribution is 7.92. The predicted octanol–water partition coefficient (Wildman–Crippen LogP) is 2.58. The second-order valence-corrected chi connectivity index (χ2v) is 10.1. The van der Waals surface area contributed by atoms with Crippen molar-refractivity contribution in [1.29, 1.82) is 0 Å². The van der Waals surface area contributed by atoms with Gasteiger partial charge in [-0.15, -0.1) is 0 Å². The number of carbonyl (C=O) groups is 1. The molecule has 2 heterocycles. The molecule has 8 heteroatoms. The molecule has 1 amide bonds. The summed E-state index contributed by atoms with van der Waals surface area (Å²) in [5.41, 5.74) is 3.28. The zero-order valence-electron chi connectivity index (χ0n) is 18.0. The Morgan fingerprint density at radius 2 is 1.81 bits per heavy atom. The first-order valence-electron chi connectivity index (χ1n) is 10.6. The minimum absolute atomic E-state index is 0.104. The number of rotatable bonds is 7. The molecule has 0 spiro atoms. The summed E-state index contributed by atoms with van der Waals surface area (Å²) in [7, 11) is -1.65. The molecule has 2 aromatic rings. The topological polar surface area (TPSA) is 79.0 Å². The highest BCUT2D eigenvalue weighted by atomic mass is 32.2. The van der Waals surface area contributed by atoms with Crippen molar-refractivity contribution < 1.29 is 17.9 Å². The third kappa shape index (κ3) is 4.70. The molecule has 2 aliphatic heterocycles. The van der Waals surface area contributed by atoms with E-state index in [1.165, 1.54) is 23.4 Å². The number of methoxy groups -OCH3 is 1. The molecule has 1 saturated heterocycles. The number of carbonyl (C=O) groups excluding carboxylic acids is 1. The van der Waals surface area contributed by atoms with Gasteiger partial charge in [-0.3, -0.25) is 14.0 Å². The van der Waals surface area contributed by atoms with Crippen molar-refractivity contribution >= 4 is 21.6 Å². The summed E-state index contributed by atoms with van der Waals surface area (Å²) < 4.78 is 30.5. The largest absolute Gasteiger partial charge is 0.497 e. The molecule has 1 atom stereocenters. The zero-order chi connectivity index (χ0) is 22.0. The van der Waals surface area contributed by atoms with E-state index >= 15 is 0 Å². The number of anilines is 1. The Morgan fingerprint density at radius 3 is 2.45 bits per heavy atom. The van der Waals surface area contributed by atoms with Crippen molar-refractivity contribution in [2.45, 2.75) is 25.3 Å².